The van der Waals surface area contributed by atoms with Crippen molar-refractivity contribution >= 4 is 0 Å². The van der Waals surface area contributed by atoms with Crippen LogP contribution in [0.25, 0.3) is 0 Å². The zero-order valence-corrected chi connectivity index (χ0v) is 11.8. The minimum atomic E-state index is 0.745. The molecule has 2 saturated heterocycles. The lowest BCUT2D eigenvalue weighted by Crippen LogP contribution is -2.46. The molecule has 3 heterocycles. The summed E-state index contributed by atoms with van der Waals surface area (Å²) in [6.07, 6.45) is 12.2. The molecular weight excluding hydrogens is 236 g/mol. The summed E-state index contributed by atoms with van der Waals surface area (Å²) in [7, 11) is 2.29. The van der Waals surface area contributed by atoms with Crippen LogP contribution in [0.2, 0.25) is 0 Å². The van der Waals surface area contributed by atoms with Gasteiger partial charge in [-0.25, -0.2) is 4.98 Å². The van der Waals surface area contributed by atoms with Crippen LogP contribution in [-0.4, -0.2) is 39.6 Å². The van der Waals surface area contributed by atoms with Gasteiger partial charge in [0.2, 0.25) is 0 Å². The topological polar surface area (TPSA) is 33.1 Å². The molecule has 2 atom stereocenters. The molecule has 1 aromatic heterocycles. The maximum atomic E-state index is 4.35. The monoisotopic (exact) mass is 260 g/mol. The molecule has 4 heteroatoms. The lowest BCUT2D eigenvalue weighted by Gasteiger charge is -2.35. The first-order valence-corrected chi connectivity index (χ1v) is 7.76. The Morgan fingerprint density at radius 1 is 1.26 bits per heavy atom. The van der Waals surface area contributed by atoms with Crippen LogP contribution >= 0.6 is 0 Å². The zero-order valence-electron chi connectivity index (χ0n) is 11.8. The van der Waals surface area contributed by atoms with Gasteiger partial charge in [0.25, 0.3) is 0 Å². The van der Waals surface area contributed by atoms with E-state index in [1.54, 1.807) is 0 Å². The smallest absolute Gasteiger partial charge is 0.0951 e. The Hall–Kier alpha value is -0.870. The molecule has 2 unspecified atom stereocenters. The number of aromatic nitrogens is 2. The second-order valence-electron chi connectivity index (χ2n) is 6.70. The molecule has 3 fully saturated rings. The quantitative estimate of drug-likeness (QED) is 0.898. The molecule has 0 spiro atoms. The van der Waals surface area contributed by atoms with Gasteiger partial charge < -0.3 is 9.88 Å². The van der Waals surface area contributed by atoms with Gasteiger partial charge in [-0.3, -0.25) is 4.90 Å². The molecule has 19 heavy (non-hydrogen) atoms. The summed E-state index contributed by atoms with van der Waals surface area (Å²) in [6.45, 7) is 1.06. The Labute approximate surface area is 115 Å². The van der Waals surface area contributed by atoms with E-state index >= 15 is 0 Å². The predicted octanol–water partition coefficient (Wildman–Crippen LogP) is 1.93. The van der Waals surface area contributed by atoms with E-state index in [1.807, 2.05) is 6.33 Å². The summed E-state index contributed by atoms with van der Waals surface area (Å²) in [5.41, 5.74) is 1.40. The highest BCUT2D eigenvalue weighted by Crippen LogP contribution is 2.36. The molecule has 104 valence electrons. The molecule has 0 amide bonds. The average Bonchev–Trinajstić information content (AvgIpc) is 3.07. The van der Waals surface area contributed by atoms with Gasteiger partial charge in [-0.05, 0) is 45.6 Å². The van der Waals surface area contributed by atoms with Gasteiger partial charge in [0.1, 0.15) is 0 Å². The fourth-order valence-corrected chi connectivity index (χ4v) is 3.91. The van der Waals surface area contributed by atoms with Gasteiger partial charge in [-0.2, -0.15) is 0 Å². The van der Waals surface area contributed by atoms with E-state index in [0.29, 0.717) is 0 Å². The third-order valence-corrected chi connectivity index (χ3v) is 5.17. The summed E-state index contributed by atoms with van der Waals surface area (Å²) in [4.78, 5) is 6.91. The number of hydrogen-bond acceptors (Lipinski definition) is 3. The van der Waals surface area contributed by atoms with Crippen molar-refractivity contribution in [3.63, 3.8) is 0 Å². The van der Waals surface area contributed by atoms with Crippen LogP contribution in [0, 0.1) is 0 Å². The second kappa shape index (κ2) is 4.60. The van der Waals surface area contributed by atoms with Gasteiger partial charge in [0.15, 0.2) is 0 Å². The van der Waals surface area contributed by atoms with Crippen LogP contribution in [0.5, 0.6) is 0 Å². The highest BCUT2D eigenvalue weighted by Gasteiger charge is 2.35. The number of hydrogen-bond donors (Lipinski definition) is 1. The SMILES string of the molecule is CN(Cc1cncn1C1CC1)C1CC2CCC(C1)N2. The summed E-state index contributed by atoms with van der Waals surface area (Å²) >= 11 is 0. The van der Waals surface area contributed by atoms with Crippen LogP contribution in [0.1, 0.15) is 50.3 Å². The van der Waals surface area contributed by atoms with Crippen molar-refractivity contribution in [3.8, 4) is 0 Å². The van der Waals surface area contributed by atoms with Crippen LogP contribution in [0.15, 0.2) is 12.5 Å². The molecule has 2 bridgehead atoms. The Morgan fingerprint density at radius 2 is 2.00 bits per heavy atom. The van der Waals surface area contributed by atoms with E-state index < -0.39 is 0 Å². The Morgan fingerprint density at radius 3 is 2.68 bits per heavy atom. The predicted molar refractivity (Wildman–Crippen MR) is 74.9 cm³/mol. The summed E-state index contributed by atoms with van der Waals surface area (Å²) in [5.74, 6) is 0. The van der Waals surface area contributed by atoms with Crippen molar-refractivity contribution in [3.05, 3.63) is 18.2 Å². The van der Waals surface area contributed by atoms with E-state index in [9.17, 15) is 0 Å². The van der Waals surface area contributed by atoms with E-state index in [4.69, 9.17) is 0 Å². The normalized spacial score (nSPS) is 34.1. The Bertz CT molecular complexity index is 439. The Balaban J connectivity index is 1.43. The van der Waals surface area contributed by atoms with E-state index in [1.165, 1.54) is 44.2 Å². The van der Waals surface area contributed by atoms with Crippen LogP contribution in [0.4, 0.5) is 0 Å². The molecule has 2 aliphatic heterocycles. The van der Waals surface area contributed by atoms with Crippen molar-refractivity contribution < 1.29 is 0 Å². The number of nitrogens with zero attached hydrogens (tertiary/aromatic N) is 3. The average molecular weight is 260 g/mol. The van der Waals surface area contributed by atoms with E-state index in [2.05, 4.69) is 33.0 Å². The van der Waals surface area contributed by atoms with Crippen molar-refractivity contribution in [2.24, 2.45) is 0 Å². The van der Waals surface area contributed by atoms with Gasteiger partial charge in [-0.15, -0.1) is 0 Å². The lowest BCUT2D eigenvalue weighted by molar-refractivity contribution is 0.163. The summed E-state index contributed by atoms with van der Waals surface area (Å²) in [6, 6.07) is 3.05. The number of rotatable bonds is 4. The zero-order chi connectivity index (χ0) is 12.8. The second-order valence-corrected chi connectivity index (χ2v) is 6.70. The molecule has 1 aromatic rings. The van der Waals surface area contributed by atoms with Crippen molar-refractivity contribution in [1.29, 1.82) is 0 Å². The molecule has 1 saturated carbocycles. The summed E-state index contributed by atoms with van der Waals surface area (Å²) in [5, 5.41) is 3.73. The number of imidazole rings is 1. The fourth-order valence-electron chi connectivity index (χ4n) is 3.91. The first-order valence-electron chi connectivity index (χ1n) is 7.76. The number of fused-ring (bicyclic) bond motifs is 2. The number of nitrogens with one attached hydrogen (secondary N) is 1. The minimum Gasteiger partial charge on any atom is -0.330 e. The van der Waals surface area contributed by atoms with Crippen LogP contribution < -0.4 is 5.32 Å². The molecule has 4 nitrogen and oxygen atoms in total. The molecule has 1 N–H and O–H groups in total. The molecule has 3 aliphatic rings. The maximum Gasteiger partial charge on any atom is 0.0951 e. The van der Waals surface area contributed by atoms with E-state index in [-0.39, 0.29) is 0 Å². The third-order valence-electron chi connectivity index (χ3n) is 5.17. The highest BCUT2D eigenvalue weighted by atomic mass is 15.2. The van der Waals surface area contributed by atoms with Gasteiger partial charge >= 0.3 is 0 Å². The standard InChI is InChI=1S/C15H24N4/c1-18(14-6-11-2-3-12(7-14)17-11)9-15-8-16-10-19(15)13-4-5-13/h8,10-14,17H,2-7,9H2,1H3. The van der Waals surface area contributed by atoms with Gasteiger partial charge in [0, 0.05) is 36.9 Å². The molecule has 1 aliphatic carbocycles. The molecule has 4 rings (SSSR count). The van der Waals surface area contributed by atoms with Gasteiger partial charge in [0.05, 0.1) is 12.0 Å². The highest BCUT2D eigenvalue weighted by molar-refractivity contribution is 5.04. The van der Waals surface area contributed by atoms with Crippen LogP contribution in [0.3, 0.4) is 0 Å². The van der Waals surface area contributed by atoms with Gasteiger partial charge in [-0.1, -0.05) is 0 Å². The number of piperidine rings is 1. The minimum absolute atomic E-state index is 0.745. The largest absolute Gasteiger partial charge is 0.330 e. The Kier molecular flexibility index (Phi) is 2.88. The molecular formula is C15H24N4. The first-order chi connectivity index (χ1) is 9.29. The van der Waals surface area contributed by atoms with Crippen molar-refractivity contribution in [2.45, 2.75) is 69.2 Å². The fraction of sp³-hybridized carbons (Fsp3) is 0.800. The van der Waals surface area contributed by atoms with Crippen molar-refractivity contribution in [1.82, 2.24) is 19.8 Å². The molecule has 0 aromatic carbocycles. The van der Waals surface area contributed by atoms with E-state index in [0.717, 1.165) is 30.7 Å². The van der Waals surface area contributed by atoms with Crippen molar-refractivity contribution in [2.75, 3.05) is 7.05 Å². The summed E-state index contributed by atoms with van der Waals surface area (Å²) < 4.78 is 2.40. The first kappa shape index (κ1) is 11.9. The maximum absolute atomic E-state index is 4.35. The molecule has 0 radical (unpaired) electrons. The lowest BCUT2D eigenvalue weighted by atomic mass is 9.98. The van der Waals surface area contributed by atoms with Crippen LogP contribution in [-0.2, 0) is 6.54 Å². The third kappa shape index (κ3) is 2.32.